The van der Waals surface area contributed by atoms with Crippen molar-refractivity contribution in [2.45, 2.75) is 6.61 Å². The minimum Gasteiger partial charge on any atom is -0.488 e. The molecule has 24 heavy (non-hydrogen) atoms. The molecule has 3 aromatic rings. The highest BCUT2D eigenvalue weighted by molar-refractivity contribution is 6.05. The summed E-state index contributed by atoms with van der Waals surface area (Å²) in [5.74, 6) is 0.796. The van der Waals surface area contributed by atoms with Gasteiger partial charge in [-0.2, -0.15) is 5.26 Å². The van der Waals surface area contributed by atoms with E-state index in [1.54, 1.807) is 24.3 Å². The van der Waals surface area contributed by atoms with Crippen molar-refractivity contribution in [3.05, 3.63) is 65.4 Å². The SMILES string of the molecule is N#Cc1ccccc1NC(=O)c1noc2c1COc1ccccc1-2. The average Bonchev–Trinajstić information content (AvgIpc) is 3.07. The molecule has 0 spiro atoms. The largest absolute Gasteiger partial charge is 0.488 e. The topological polar surface area (TPSA) is 88.2 Å². The van der Waals surface area contributed by atoms with Crippen molar-refractivity contribution in [3.63, 3.8) is 0 Å². The lowest BCUT2D eigenvalue weighted by Crippen LogP contribution is -2.17. The van der Waals surface area contributed by atoms with Crippen LogP contribution in [0, 0.1) is 11.3 Å². The maximum atomic E-state index is 12.5. The number of nitriles is 1. The maximum Gasteiger partial charge on any atom is 0.278 e. The summed E-state index contributed by atoms with van der Waals surface area (Å²) in [5, 5.41) is 15.7. The number of hydrogen-bond acceptors (Lipinski definition) is 5. The van der Waals surface area contributed by atoms with Gasteiger partial charge in [-0.25, -0.2) is 0 Å². The lowest BCUT2D eigenvalue weighted by atomic mass is 10.0. The molecule has 4 rings (SSSR count). The van der Waals surface area contributed by atoms with Gasteiger partial charge in [0.05, 0.1) is 22.4 Å². The van der Waals surface area contributed by atoms with Crippen molar-refractivity contribution < 1.29 is 14.1 Å². The highest BCUT2D eigenvalue weighted by Gasteiger charge is 2.28. The van der Waals surface area contributed by atoms with Gasteiger partial charge in [0.1, 0.15) is 18.4 Å². The smallest absolute Gasteiger partial charge is 0.278 e. The number of carbonyl (C=O) groups is 1. The maximum absolute atomic E-state index is 12.5. The van der Waals surface area contributed by atoms with Crippen LogP contribution in [0.2, 0.25) is 0 Å². The number of amides is 1. The molecule has 0 unspecified atom stereocenters. The molecule has 1 amide bonds. The normalized spacial score (nSPS) is 11.6. The minimum atomic E-state index is -0.439. The van der Waals surface area contributed by atoms with Crippen molar-refractivity contribution in [3.8, 4) is 23.1 Å². The number of ether oxygens (including phenoxy) is 1. The molecule has 6 nitrogen and oxygen atoms in total. The molecule has 116 valence electrons. The predicted molar refractivity (Wildman–Crippen MR) is 85.4 cm³/mol. The van der Waals surface area contributed by atoms with E-state index in [1.165, 1.54) is 0 Å². The van der Waals surface area contributed by atoms with Crippen LogP contribution < -0.4 is 10.1 Å². The molecular weight excluding hydrogens is 306 g/mol. The van der Waals surface area contributed by atoms with Gasteiger partial charge < -0.3 is 14.6 Å². The zero-order chi connectivity index (χ0) is 16.5. The molecule has 6 heteroatoms. The third kappa shape index (κ3) is 2.20. The summed E-state index contributed by atoms with van der Waals surface area (Å²) in [6, 6.07) is 16.2. The second kappa shape index (κ2) is 5.56. The second-order valence-corrected chi connectivity index (χ2v) is 5.24. The average molecular weight is 317 g/mol. The van der Waals surface area contributed by atoms with E-state index in [-0.39, 0.29) is 12.3 Å². The summed E-state index contributed by atoms with van der Waals surface area (Å²) >= 11 is 0. The molecule has 0 fully saturated rings. The molecule has 0 atom stereocenters. The number of para-hydroxylation sites is 2. The van der Waals surface area contributed by atoms with Crippen molar-refractivity contribution in [2.24, 2.45) is 0 Å². The van der Waals surface area contributed by atoms with Gasteiger partial charge in [-0.05, 0) is 24.3 Å². The van der Waals surface area contributed by atoms with Gasteiger partial charge in [0, 0.05) is 0 Å². The molecular formula is C18H11N3O3. The van der Waals surface area contributed by atoms with Crippen molar-refractivity contribution >= 4 is 11.6 Å². The van der Waals surface area contributed by atoms with Crippen LogP contribution in [0.15, 0.2) is 53.1 Å². The Morgan fingerprint density at radius 2 is 1.96 bits per heavy atom. The Balaban J connectivity index is 1.69. The van der Waals surface area contributed by atoms with Gasteiger partial charge in [-0.3, -0.25) is 4.79 Å². The fourth-order valence-electron chi connectivity index (χ4n) is 2.63. The lowest BCUT2D eigenvalue weighted by molar-refractivity contribution is 0.101. The number of carbonyl (C=O) groups excluding carboxylic acids is 1. The zero-order valence-electron chi connectivity index (χ0n) is 12.4. The van der Waals surface area contributed by atoms with E-state index in [2.05, 4.69) is 10.5 Å². The Labute approximate surface area is 137 Å². The first-order chi connectivity index (χ1) is 11.8. The first kappa shape index (κ1) is 14.0. The molecule has 1 aliphatic rings. The van der Waals surface area contributed by atoms with Crippen molar-refractivity contribution in [1.29, 1.82) is 5.26 Å². The van der Waals surface area contributed by atoms with E-state index in [1.807, 2.05) is 30.3 Å². The zero-order valence-corrected chi connectivity index (χ0v) is 12.4. The second-order valence-electron chi connectivity index (χ2n) is 5.24. The predicted octanol–water partition coefficient (Wildman–Crippen LogP) is 3.36. The summed E-state index contributed by atoms with van der Waals surface area (Å²) < 4.78 is 11.0. The molecule has 0 saturated heterocycles. The number of rotatable bonds is 2. The number of anilines is 1. The lowest BCUT2D eigenvalue weighted by Gasteiger charge is -2.15. The number of aromatic nitrogens is 1. The number of hydrogen-bond donors (Lipinski definition) is 1. The Bertz CT molecular complexity index is 985. The van der Waals surface area contributed by atoms with E-state index < -0.39 is 5.91 Å². The van der Waals surface area contributed by atoms with Crippen LogP contribution in [0.5, 0.6) is 5.75 Å². The number of nitrogens with zero attached hydrogens (tertiary/aromatic N) is 2. The van der Waals surface area contributed by atoms with Crippen LogP contribution in [0.3, 0.4) is 0 Å². The molecule has 0 saturated carbocycles. The molecule has 0 bridgehead atoms. The highest BCUT2D eigenvalue weighted by Crippen LogP contribution is 2.38. The number of nitrogens with one attached hydrogen (secondary N) is 1. The van der Waals surface area contributed by atoms with Gasteiger partial charge in [0.15, 0.2) is 11.5 Å². The summed E-state index contributed by atoms with van der Waals surface area (Å²) in [6.45, 7) is 0.207. The standard InChI is InChI=1S/C18H11N3O3/c19-9-11-5-1-3-7-14(11)20-18(22)16-13-10-23-15-8-4-2-6-12(15)17(13)24-21-16/h1-8H,10H2,(H,20,22). The molecule has 0 aliphatic carbocycles. The summed E-state index contributed by atoms with van der Waals surface area (Å²) in [4.78, 5) is 12.5. The van der Waals surface area contributed by atoms with Crippen LogP contribution in [-0.2, 0) is 6.61 Å². The van der Waals surface area contributed by atoms with Crippen molar-refractivity contribution in [2.75, 3.05) is 5.32 Å². The minimum absolute atomic E-state index is 0.159. The van der Waals surface area contributed by atoms with E-state index in [0.717, 1.165) is 5.56 Å². The summed E-state index contributed by atoms with van der Waals surface area (Å²) in [7, 11) is 0. The van der Waals surface area contributed by atoms with Gasteiger partial charge >= 0.3 is 0 Å². The third-order valence-electron chi connectivity index (χ3n) is 3.80. The summed E-state index contributed by atoms with van der Waals surface area (Å²) in [5.41, 5.74) is 2.33. The van der Waals surface area contributed by atoms with Gasteiger partial charge in [-0.1, -0.05) is 29.4 Å². The van der Waals surface area contributed by atoms with Crippen LogP contribution in [0.1, 0.15) is 21.6 Å². The van der Waals surface area contributed by atoms with Crippen LogP contribution >= 0.6 is 0 Å². The van der Waals surface area contributed by atoms with Gasteiger partial charge in [0.25, 0.3) is 5.91 Å². The van der Waals surface area contributed by atoms with Crippen molar-refractivity contribution in [1.82, 2.24) is 5.16 Å². The fourth-order valence-corrected chi connectivity index (χ4v) is 2.63. The number of benzene rings is 2. The molecule has 1 aromatic heterocycles. The van der Waals surface area contributed by atoms with Gasteiger partial charge in [0.2, 0.25) is 0 Å². The molecule has 1 aliphatic heterocycles. The van der Waals surface area contributed by atoms with E-state index >= 15 is 0 Å². The molecule has 0 radical (unpaired) electrons. The Kier molecular flexibility index (Phi) is 3.25. The first-order valence-corrected chi connectivity index (χ1v) is 7.29. The molecule has 2 aromatic carbocycles. The Morgan fingerprint density at radius 3 is 2.83 bits per heavy atom. The van der Waals surface area contributed by atoms with Crippen LogP contribution in [0.4, 0.5) is 5.69 Å². The molecule has 2 heterocycles. The van der Waals surface area contributed by atoms with E-state index in [0.29, 0.717) is 28.3 Å². The first-order valence-electron chi connectivity index (χ1n) is 7.29. The third-order valence-corrected chi connectivity index (χ3v) is 3.80. The Morgan fingerprint density at radius 1 is 1.17 bits per heavy atom. The van der Waals surface area contributed by atoms with E-state index in [4.69, 9.17) is 14.5 Å². The Hall–Kier alpha value is -3.59. The quantitative estimate of drug-likeness (QED) is 0.783. The van der Waals surface area contributed by atoms with Crippen LogP contribution in [-0.4, -0.2) is 11.1 Å². The van der Waals surface area contributed by atoms with Crippen LogP contribution in [0.25, 0.3) is 11.3 Å². The van der Waals surface area contributed by atoms with E-state index in [9.17, 15) is 4.79 Å². The molecule has 1 N–H and O–H groups in total. The number of fused-ring (bicyclic) bond motifs is 3. The highest BCUT2D eigenvalue weighted by atomic mass is 16.5. The van der Waals surface area contributed by atoms with Gasteiger partial charge in [-0.15, -0.1) is 0 Å². The summed E-state index contributed by atoms with van der Waals surface area (Å²) in [6.07, 6.45) is 0. The monoisotopic (exact) mass is 317 g/mol. The fraction of sp³-hybridized carbons (Fsp3) is 0.0556.